The number of amides is 1. The predicted octanol–water partition coefficient (Wildman–Crippen LogP) is 4.08. The van der Waals surface area contributed by atoms with Gasteiger partial charge in [-0.3, -0.25) is 14.5 Å². The van der Waals surface area contributed by atoms with Gasteiger partial charge >= 0.3 is 6.36 Å². The Morgan fingerprint density at radius 3 is 2.07 bits per heavy atom. The molecule has 1 amide bonds. The van der Waals surface area contributed by atoms with Crippen molar-refractivity contribution >= 4 is 24.1 Å². The van der Waals surface area contributed by atoms with Gasteiger partial charge in [-0.05, 0) is 43.2 Å². The molecule has 1 aromatic carbocycles. The molecule has 0 radical (unpaired) electrons. The molecule has 0 aromatic heterocycles. The number of ether oxygens (including phenoxy) is 1. The molecule has 1 fully saturated rings. The topological polar surface area (TPSA) is 49.9 Å². The lowest BCUT2D eigenvalue weighted by Gasteiger charge is -2.38. The number of carbonyl (C=O) groups is 2. The molecule has 5 nitrogen and oxygen atoms in total. The van der Waals surface area contributed by atoms with Gasteiger partial charge in [-0.25, -0.2) is 0 Å². The molecule has 0 atom stereocenters. The van der Waals surface area contributed by atoms with Crippen LogP contribution in [0.5, 0.6) is 5.75 Å². The third-order valence-corrected chi connectivity index (χ3v) is 4.83. The SMILES string of the molecule is CCC(CC)N1CCN(C(=O)C=CC(=O)c2ccc(OC(F)(F)F)cc2)CC1.Cl. The maximum Gasteiger partial charge on any atom is 0.573 e. The molecule has 29 heavy (non-hydrogen) atoms. The van der Waals surface area contributed by atoms with Crippen molar-refractivity contribution in [2.75, 3.05) is 26.2 Å². The largest absolute Gasteiger partial charge is 0.573 e. The van der Waals surface area contributed by atoms with E-state index in [-0.39, 0.29) is 23.9 Å². The summed E-state index contributed by atoms with van der Waals surface area (Å²) < 4.78 is 40.2. The van der Waals surface area contributed by atoms with Crippen LogP contribution >= 0.6 is 12.4 Å². The van der Waals surface area contributed by atoms with Crippen molar-refractivity contribution < 1.29 is 27.5 Å². The Labute approximate surface area is 174 Å². The molecule has 0 unspecified atom stereocenters. The van der Waals surface area contributed by atoms with E-state index in [2.05, 4.69) is 23.5 Å². The van der Waals surface area contributed by atoms with E-state index < -0.39 is 17.9 Å². The normalized spacial score (nSPS) is 15.4. The minimum atomic E-state index is -4.78. The summed E-state index contributed by atoms with van der Waals surface area (Å²) in [5.41, 5.74) is 0.178. The van der Waals surface area contributed by atoms with Gasteiger partial charge in [0.1, 0.15) is 5.75 Å². The van der Waals surface area contributed by atoms with E-state index >= 15 is 0 Å². The second-order valence-corrected chi connectivity index (χ2v) is 6.60. The smallest absolute Gasteiger partial charge is 0.406 e. The highest BCUT2D eigenvalue weighted by atomic mass is 35.5. The van der Waals surface area contributed by atoms with Crippen LogP contribution in [0.4, 0.5) is 13.2 Å². The maximum atomic E-state index is 12.3. The molecule has 2 rings (SSSR count). The first-order valence-electron chi connectivity index (χ1n) is 9.34. The van der Waals surface area contributed by atoms with E-state index in [1.54, 1.807) is 4.90 Å². The van der Waals surface area contributed by atoms with E-state index in [1.807, 2.05) is 0 Å². The third-order valence-electron chi connectivity index (χ3n) is 4.83. The molecule has 0 spiro atoms. The Kier molecular flexibility index (Phi) is 9.65. The van der Waals surface area contributed by atoms with Crippen molar-refractivity contribution in [2.24, 2.45) is 0 Å². The molecule has 0 N–H and O–H groups in total. The second kappa shape index (κ2) is 11.2. The van der Waals surface area contributed by atoms with Crippen molar-refractivity contribution in [1.82, 2.24) is 9.80 Å². The monoisotopic (exact) mass is 434 g/mol. The molecular formula is C20H26ClF3N2O3. The summed E-state index contributed by atoms with van der Waals surface area (Å²) in [7, 11) is 0. The number of nitrogens with zero attached hydrogens (tertiary/aromatic N) is 2. The lowest BCUT2D eigenvalue weighted by atomic mass is 10.1. The Hall–Kier alpha value is -2.06. The highest BCUT2D eigenvalue weighted by Gasteiger charge is 2.31. The van der Waals surface area contributed by atoms with Gasteiger partial charge in [0.25, 0.3) is 0 Å². The summed E-state index contributed by atoms with van der Waals surface area (Å²) in [6.45, 7) is 7.14. The van der Waals surface area contributed by atoms with Gasteiger partial charge in [-0.2, -0.15) is 0 Å². The average molecular weight is 435 g/mol. The van der Waals surface area contributed by atoms with Crippen LogP contribution in [0.1, 0.15) is 37.0 Å². The molecule has 0 aliphatic carbocycles. The molecule has 1 aromatic rings. The fourth-order valence-electron chi connectivity index (χ4n) is 3.28. The average Bonchev–Trinajstić information content (AvgIpc) is 2.66. The molecule has 9 heteroatoms. The van der Waals surface area contributed by atoms with Gasteiger partial charge in [0.15, 0.2) is 5.78 Å². The van der Waals surface area contributed by atoms with Crippen LogP contribution in [0.15, 0.2) is 36.4 Å². The summed E-state index contributed by atoms with van der Waals surface area (Å²) in [4.78, 5) is 28.5. The Balaban J connectivity index is 0.00000420. The number of alkyl halides is 3. The highest BCUT2D eigenvalue weighted by Crippen LogP contribution is 2.23. The first-order valence-corrected chi connectivity index (χ1v) is 9.34. The van der Waals surface area contributed by atoms with E-state index in [0.29, 0.717) is 19.1 Å². The second-order valence-electron chi connectivity index (χ2n) is 6.60. The molecule has 0 bridgehead atoms. The number of carbonyl (C=O) groups excluding carboxylic acids is 2. The molecule has 1 saturated heterocycles. The van der Waals surface area contributed by atoms with Crippen LogP contribution in [0.3, 0.4) is 0 Å². The number of allylic oxidation sites excluding steroid dienone is 1. The number of benzene rings is 1. The predicted molar refractivity (Wildman–Crippen MR) is 106 cm³/mol. The summed E-state index contributed by atoms with van der Waals surface area (Å²) in [5.74, 6) is -1.10. The molecule has 1 heterocycles. The Morgan fingerprint density at radius 1 is 1.03 bits per heavy atom. The van der Waals surface area contributed by atoms with Gasteiger partial charge in [-0.1, -0.05) is 13.8 Å². The number of ketones is 1. The van der Waals surface area contributed by atoms with E-state index in [1.165, 1.54) is 18.2 Å². The van der Waals surface area contributed by atoms with Crippen molar-refractivity contribution in [3.05, 3.63) is 42.0 Å². The minimum Gasteiger partial charge on any atom is -0.406 e. The van der Waals surface area contributed by atoms with E-state index in [9.17, 15) is 22.8 Å². The van der Waals surface area contributed by atoms with Crippen LogP contribution in [0.2, 0.25) is 0 Å². The van der Waals surface area contributed by atoms with Crippen LogP contribution in [0.25, 0.3) is 0 Å². The number of piperazine rings is 1. The van der Waals surface area contributed by atoms with Gasteiger partial charge in [-0.15, -0.1) is 25.6 Å². The summed E-state index contributed by atoms with van der Waals surface area (Å²) in [6, 6.07) is 5.11. The van der Waals surface area contributed by atoms with Crippen molar-refractivity contribution in [2.45, 2.75) is 39.1 Å². The molecule has 1 aliphatic rings. The molecule has 1 aliphatic heterocycles. The number of hydrogen-bond acceptors (Lipinski definition) is 4. The zero-order valence-corrected chi connectivity index (χ0v) is 17.3. The van der Waals surface area contributed by atoms with Crippen LogP contribution in [-0.4, -0.2) is 60.1 Å². The number of rotatable bonds is 7. The molecule has 0 saturated carbocycles. The number of halogens is 4. The van der Waals surface area contributed by atoms with Crippen LogP contribution in [0, 0.1) is 0 Å². The van der Waals surface area contributed by atoms with E-state index in [4.69, 9.17) is 0 Å². The minimum absolute atomic E-state index is 0. The molecule has 162 valence electrons. The molecular weight excluding hydrogens is 409 g/mol. The van der Waals surface area contributed by atoms with E-state index in [0.717, 1.165) is 44.1 Å². The first-order chi connectivity index (χ1) is 13.2. The lowest BCUT2D eigenvalue weighted by Crippen LogP contribution is -2.51. The van der Waals surface area contributed by atoms with Gasteiger partial charge in [0.05, 0.1) is 0 Å². The van der Waals surface area contributed by atoms with Gasteiger partial charge in [0.2, 0.25) is 5.91 Å². The maximum absolute atomic E-state index is 12.3. The Bertz CT molecular complexity index is 696. The third kappa shape index (κ3) is 7.70. The van der Waals surface area contributed by atoms with Crippen LogP contribution in [-0.2, 0) is 4.79 Å². The van der Waals surface area contributed by atoms with Crippen molar-refractivity contribution in [3.8, 4) is 5.75 Å². The van der Waals surface area contributed by atoms with Crippen molar-refractivity contribution in [3.63, 3.8) is 0 Å². The summed E-state index contributed by atoms with van der Waals surface area (Å²) in [6.07, 6.45) is -0.266. The lowest BCUT2D eigenvalue weighted by molar-refractivity contribution is -0.274. The quantitative estimate of drug-likeness (QED) is 0.479. The zero-order chi connectivity index (χ0) is 20.7. The van der Waals surface area contributed by atoms with Crippen LogP contribution < -0.4 is 4.74 Å². The summed E-state index contributed by atoms with van der Waals surface area (Å²) in [5, 5.41) is 0. The standard InChI is InChI=1S/C20H25F3N2O3.ClH/c1-3-16(4-2)24-11-13-25(14-12-24)19(27)10-9-18(26)15-5-7-17(8-6-15)28-20(21,22)23;/h5-10,16H,3-4,11-14H2,1-2H3;1H. The fraction of sp³-hybridized carbons (Fsp3) is 0.500. The van der Waals surface area contributed by atoms with Gasteiger partial charge < -0.3 is 9.64 Å². The van der Waals surface area contributed by atoms with Crippen molar-refractivity contribution in [1.29, 1.82) is 0 Å². The van der Waals surface area contributed by atoms with Gasteiger partial charge in [0, 0.05) is 43.9 Å². The Morgan fingerprint density at radius 2 is 1.59 bits per heavy atom. The number of hydrogen-bond donors (Lipinski definition) is 0. The summed E-state index contributed by atoms with van der Waals surface area (Å²) >= 11 is 0. The fourth-order valence-corrected chi connectivity index (χ4v) is 3.28. The highest BCUT2D eigenvalue weighted by molar-refractivity contribution is 6.07. The first kappa shape index (κ1) is 25.0. The zero-order valence-electron chi connectivity index (χ0n) is 16.4.